The number of nitrogens with two attached hydrogens (primary N) is 1. The Labute approximate surface area is 108 Å². The summed E-state index contributed by atoms with van der Waals surface area (Å²) in [7, 11) is 1.53. The van der Waals surface area contributed by atoms with Crippen LogP contribution in [0, 0.1) is 0 Å². The minimum absolute atomic E-state index is 0.257. The summed E-state index contributed by atoms with van der Waals surface area (Å²) in [4.78, 5) is 15.5. The zero-order valence-corrected chi connectivity index (χ0v) is 10.2. The highest BCUT2D eigenvalue weighted by Crippen LogP contribution is 2.28. The van der Waals surface area contributed by atoms with Crippen molar-refractivity contribution in [2.75, 3.05) is 18.7 Å². The lowest BCUT2D eigenvalue weighted by molar-refractivity contribution is -0.0549. The molecule has 0 aliphatic carbocycles. The van der Waals surface area contributed by atoms with Crippen LogP contribution in [0.15, 0.2) is 17.1 Å². The van der Waals surface area contributed by atoms with Gasteiger partial charge in [-0.15, -0.1) is 0 Å². The molecule has 0 aromatic carbocycles. The van der Waals surface area contributed by atoms with Gasteiger partial charge in [0.1, 0.15) is 24.1 Å². The SMILES string of the molecule is CN(N)c1ccn([C@@H]2O[C@H](CO)[C@@H](O)[C@H]2O)c(=O)n1. The fourth-order valence-electron chi connectivity index (χ4n) is 1.90. The van der Waals surface area contributed by atoms with Crippen molar-refractivity contribution in [2.45, 2.75) is 24.5 Å². The van der Waals surface area contributed by atoms with Gasteiger partial charge in [0.15, 0.2) is 6.23 Å². The number of aliphatic hydroxyl groups excluding tert-OH is 3. The van der Waals surface area contributed by atoms with Gasteiger partial charge < -0.3 is 20.1 Å². The molecule has 0 saturated carbocycles. The van der Waals surface area contributed by atoms with Crippen LogP contribution in [0.5, 0.6) is 0 Å². The molecule has 1 aliphatic rings. The molecule has 0 radical (unpaired) electrons. The number of hydrogen-bond acceptors (Lipinski definition) is 8. The summed E-state index contributed by atoms with van der Waals surface area (Å²) in [5.41, 5.74) is -0.676. The van der Waals surface area contributed by atoms with Gasteiger partial charge >= 0.3 is 5.69 Å². The number of hydrazine groups is 1. The van der Waals surface area contributed by atoms with E-state index in [0.29, 0.717) is 0 Å². The Kier molecular flexibility index (Phi) is 3.83. The van der Waals surface area contributed by atoms with Crippen LogP contribution in [-0.2, 0) is 4.74 Å². The summed E-state index contributed by atoms with van der Waals surface area (Å²) in [6, 6.07) is 1.47. The summed E-state index contributed by atoms with van der Waals surface area (Å²) >= 11 is 0. The number of hydrogen-bond donors (Lipinski definition) is 4. The molecule has 0 spiro atoms. The molecule has 5 N–H and O–H groups in total. The van der Waals surface area contributed by atoms with E-state index in [9.17, 15) is 15.0 Å². The molecule has 0 bridgehead atoms. The third-order valence-electron chi connectivity index (χ3n) is 2.97. The third-order valence-corrected chi connectivity index (χ3v) is 2.97. The summed E-state index contributed by atoms with van der Waals surface area (Å²) in [5, 5.41) is 29.6. The molecule has 2 heterocycles. The Morgan fingerprint density at radius 3 is 2.68 bits per heavy atom. The third kappa shape index (κ3) is 2.46. The second-order valence-electron chi connectivity index (χ2n) is 4.32. The predicted octanol–water partition coefficient (Wildman–Crippen LogP) is -2.84. The lowest BCUT2D eigenvalue weighted by Gasteiger charge is -2.18. The van der Waals surface area contributed by atoms with Crippen LogP contribution in [0.3, 0.4) is 0 Å². The van der Waals surface area contributed by atoms with E-state index in [2.05, 4.69) is 4.98 Å². The number of aromatic nitrogens is 2. The number of rotatable bonds is 3. The van der Waals surface area contributed by atoms with Gasteiger partial charge in [-0.25, -0.2) is 10.6 Å². The Morgan fingerprint density at radius 2 is 2.21 bits per heavy atom. The van der Waals surface area contributed by atoms with Gasteiger partial charge in [0.05, 0.1) is 6.61 Å². The van der Waals surface area contributed by atoms with E-state index in [4.69, 9.17) is 15.7 Å². The molecule has 1 aromatic rings. The standard InChI is InChI=1S/C10H16N4O5/c1-13(11)6-2-3-14(10(18)12-6)9-8(17)7(16)5(4-15)19-9/h2-3,5,7-9,15-17H,4,11H2,1H3/t5-,7-,8-,9-/m1/s1. The molecule has 106 valence electrons. The first-order valence-electron chi connectivity index (χ1n) is 5.65. The second-order valence-corrected chi connectivity index (χ2v) is 4.32. The number of ether oxygens (including phenoxy) is 1. The number of nitrogens with zero attached hydrogens (tertiary/aromatic N) is 3. The fraction of sp³-hybridized carbons (Fsp3) is 0.600. The summed E-state index contributed by atoms with van der Waals surface area (Å²) in [6.07, 6.45) is -3.26. The largest absolute Gasteiger partial charge is 0.394 e. The van der Waals surface area contributed by atoms with E-state index >= 15 is 0 Å². The quantitative estimate of drug-likeness (QED) is 0.341. The van der Waals surface area contributed by atoms with E-state index in [0.717, 1.165) is 4.57 Å². The predicted molar refractivity (Wildman–Crippen MR) is 64.1 cm³/mol. The van der Waals surface area contributed by atoms with Gasteiger partial charge in [-0.2, -0.15) is 4.98 Å². The van der Waals surface area contributed by atoms with Crippen LogP contribution in [0.1, 0.15) is 6.23 Å². The molecule has 9 heteroatoms. The monoisotopic (exact) mass is 272 g/mol. The molecule has 1 saturated heterocycles. The maximum Gasteiger partial charge on any atom is 0.351 e. The molecule has 0 unspecified atom stereocenters. The van der Waals surface area contributed by atoms with Crippen molar-refractivity contribution in [3.05, 3.63) is 22.7 Å². The van der Waals surface area contributed by atoms with Crippen molar-refractivity contribution in [2.24, 2.45) is 5.84 Å². The smallest absolute Gasteiger partial charge is 0.351 e. The van der Waals surface area contributed by atoms with Crippen LogP contribution >= 0.6 is 0 Å². The van der Waals surface area contributed by atoms with Crippen LogP contribution in [0.4, 0.5) is 5.82 Å². The van der Waals surface area contributed by atoms with Gasteiger partial charge in [0.25, 0.3) is 0 Å². The van der Waals surface area contributed by atoms with Crippen molar-refractivity contribution in [1.29, 1.82) is 0 Å². The minimum Gasteiger partial charge on any atom is -0.394 e. The normalized spacial score (nSPS) is 30.6. The van der Waals surface area contributed by atoms with E-state index < -0.39 is 36.8 Å². The Hall–Kier alpha value is -1.52. The van der Waals surface area contributed by atoms with Crippen LogP contribution in [-0.4, -0.2) is 56.8 Å². The van der Waals surface area contributed by atoms with E-state index in [1.54, 1.807) is 0 Å². The first kappa shape index (κ1) is 13.9. The molecule has 1 fully saturated rings. The highest BCUT2D eigenvalue weighted by atomic mass is 16.6. The van der Waals surface area contributed by atoms with Crippen LogP contribution in [0.2, 0.25) is 0 Å². The first-order chi connectivity index (χ1) is 8.95. The zero-order valence-electron chi connectivity index (χ0n) is 10.2. The second kappa shape index (κ2) is 5.23. The molecular formula is C10H16N4O5. The molecular weight excluding hydrogens is 256 g/mol. The van der Waals surface area contributed by atoms with Crippen LogP contribution in [0.25, 0.3) is 0 Å². The first-order valence-corrected chi connectivity index (χ1v) is 5.65. The molecule has 0 amide bonds. The summed E-state index contributed by atoms with van der Waals surface area (Å²) < 4.78 is 6.27. The summed E-state index contributed by atoms with van der Waals surface area (Å²) in [5.74, 6) is 5.71. The average molecular weight is 272 g/mol. The van der Waals surface area contributed by atoms with Gasteiger partial charge in [-0.3, -0.25) is 9.58 Å². The van der Waals surface area contributed by atoms with Crippen molar-refractivity contribution < 1.29 is 20.1 Å². The highest BCUT2D eigenvalue weighted by molar-refractivity contribution is 5.32. The van der Waals surface area contributed by atoms with Crippen molar-refractivity contribution >= 4 is 5.82 Å². The van der Waals surface area contributed by atoms with Crippen molar-refractivity contribution in [3.8, 4) is 0 Å². The lowest BCUT2D eigenvalue weighted by atomic mass is 10.1. The maximum atomic E-state index is 11.8. The van der Waals surface area contributed by atoms with Gasteiger partial charge in [-0.05, 0) is 6.07 Å². The maximum absolute atomic E-state index is 11.8. The Balaban J connectivity index is 2.31. The molecule has 2 rings (SSSR count). The molecule has 19 heavy (non-hydrogen) atoms. The lowest BCUT2D eigenvalue weighted by Crippen LogP contribution is -2.37. The van der Waals surface area contributed by atoms with Crippen molar-refractivity contribution in [1.82, 2.24) is 9.55 Å². The Morgan fingerprint density at radius 1 is 1.53 bits per heavy atom. The number of aliphatic hydroxyl groups is 3. The Bertz CT molecular complexity index is 505. The van der Waals surface area contributed by atoms with Gasteiger partial charge in [-0.1, -0.05) is 0 Å². The van der Waals surface area contributed by atoms with Crippen molar-refractivity contribution in [3.63, 3.8) is 0 Å². The van der Waals surface area contributed by atoms with Crippen LogP contribution < -0.4 is 16.5 Å². The topological polar surface area (TPSA) is 134 Å². The zero-order chi connectivity index (χ0) is 14.2. The van der Waals surface area contributed by atoms with E-state index in [1.165, 1.54) is 24.3 Å². The van der Waals surface area contributed by atoms with E-state index in [1.807, 2.05) is 0 Å². The van der Waals surface area contributed by atoms with Gasteiger partial charge in [0, 0.05) is 13.2 Å². The summed E-state index contributed by atoms with van der Waals surface area (Å²) in [6.45, 7) is -0.458. The fourth-order valence-corrected chi connectivity index (χ4v) is 1.90. The molecule has 9 nitrogen and oxygen atoms in total. The van der Waals surface area contributed by atoms with E-state index in [-0.39, 0.29) is 5.82 Å². The highest BCUT2D eigenvalue weighted by Gasteiger charge is 2.43. The van der Waals surface area contributed by atoms with Gasteiger partial charge in [0.2, 0.25) is 0 Å². The minimum atomic E-state index is -1.32. The average Bonchev–Trinajstić information content (AvgIpc) is 2.66. The molecule has 1 aromatic heterocycles. The molecule has 1 aliphatic heterocycles. The molecule has 4 atom stereocenters. The number of anilines is 1.